The van der Waals surface area contributed by atoms with Crippen molar-refractivity contribution in [2.75, 3.05) is 19.0 Å². The summed E-state index contributed by atoms with van der Waals surface area (Å²) in [6.45, 7) is -0.266. The number of hydrogen-bond acceptors (Lipinski definition) is 5. The van der Waals surface area contributed by atoms with Crippen LogP contribution in [0.5, 0.6) is 17.2 Å². The van der Waals surface area contributed by atoms with Gasteiger partial charge in [-0.1, -0.05) is 0 Å². The Kier molecular flexibility index (Phi) is 5.96. The maximum atomic E-state index is 12.4. The fraction of sp³-hybridized carbons (Fsp3) is 0.312. The third kappa shape index (κ3) is 4.98. The molecule has 0 spiro atoms. The molecule has 2 rings (SSSR count). The van der Waals surface area contributed by atoms with E-state index in [-0.39, 0.29) is 11.5 Å². The molecule has 0 unspecified atom stereocenters. The number of benzene rings is 1. The second kappa shape index (κ2) is 8.17. The predicted molar refractivity (Wildman–Crippen MR) is 82.4 cm³/mol. The summed E-state index contributed by atoms with van der Waals surface area (Å²) in [5.74, 6) is 0.942. The molecule has 0 aliphatic rings. The van der Waals surface area contributed by atoms with Crippen molar-refractivity contribution in [3.8, 4) is 17.2 Å². The molecule has 1 N–H and O–H groups in total. The smallest absolute Gasteiger partial charge is 0.387 e. The van der Waals surface area contributed by atoms with Gasteiger partial charge in [0.15, 0.2) is 11.5 Å². The molecule has 124 valence electrons. The van der Waals surface area contributed by atoms with E-state index in [2.05, 4.69) is 15.0 Å². The summed E-state index contributed by atoms with van der Waals surface area (Å²) in [6.07, 6.45) is 3.33. The van der Waals surface area contributed by atoms with Crippen LogP contribution in [0.15, 0.2) is 36.7 Å². The van der Waals surface area contributed by atoms with E-state index >= 15 is 0 Å². The molecule has 0 saturated carbocycles. The van der Waals surface area contributed by atoms with E-state index in [1.165, 1.54) is 6.07 Å². The van der Waals surface area contributed by atoms with Gasteiger partial charge in [0, 0.05) is 24.5 Å². The van der Waals surface area contributed by atoms with Crippen LogP contribution in [0.1, 0.15) is 12.5 Å². The highest BCUT2D eigenvalue weighted by Gasteiger charge is 2.11. The maximum Gasteiger partial charge on any atom is 0.387 e. The summed E-state index contributed by atoms with van der Waals surface area (Å²) in [7, 11) is 1.57. The molecular weight excluding hydrogens is 306 g/mol. The van der Waals surface area contributed by atoms with E-state index in [0.29, 0.717) is 18.9 Å². The minimum absolute atomic E-state index is 0.00967. The van der Waals surface area contributed by atoms with Gasteiger partial charge in [-0.05, 0) is 30.7 Å². The van der Waals surface area contributed by atoms with E-state index < -0.39 is 6.61 Å². The molecule has 1 aromatic heterocycles. The van der Waals surface area contributed by atoms with Gasteiger partial charge in [-0.15, -0.1) is 0 Å². The Morgan fingerprint density at radius 1 is 1.17 bits per heavy atom. The molecule has 0 aliphatic heterocycles. The summed E-state index contributed by atoms with van der Waals surface area (Å²) in [6, 6.07) is 6.57. The van der Waals surface area contributed by atoms with E-state index in [1.807, 2.05) is 6.07 Å². The zero-order valence-electron chi connectivity index (χ0n) is 12.9. The average molecular weight is 324 g/mol. The number of ether oxygens (including phenoxy) is 3. The normalized spacial score (nSPS) is 10.5. The van der Waals surface area contributed by atoms with E-state index in [4.69, 9.17) is 9.47 Å². The van der Waals surface area contributed by atoms with Crippen LogP contribution in [0.3, 0.4) is 0 Å². The number of halogens is 2. The summed E-state index contributed by atoms with van der Waals surface area (Å²) in [5, 5.41) is 3.17. The van der Waals surface area contributed by atoms with Crippen LogP contribution in [-0.4, -0.2) is 25.3 Å². The molecule has 0 amide bonds. The Bertz CT molecular complexity index is 638. The van der Waals surface area contributed by atoms with Gasteiger partial charge in [-0.25, -0.2) is 0 Å². The Morgan fingerprint density at radius 2 is 2.00 bits per heavy atom. The van der Waals surface area contributed by atoms with Gasteiger partial charge in [-0.2, -0.15) is 8.78 Å². The molecule has 0 fully saturated rings. The monoisotopic (exact) mass is 324 g/mol. The first-order valence-electron chi connectivity index (χ1n) is 7.05. The Hall–Kier alpha value is -2.57. The number of pyridine rings is 1. The first-order chi connectivity index (χ1) is 11.1. The lowest BCUT2D eigenvalue weighted by Gasteiger charge is -2.14. The van der Waals surface area contributed by atoms with Gasteiger partial charge >= 0.3 is 6.61 Å². The number of anilines is 1. The molecule has 2 aromatic rings. The molecule has 23 heavy (non-hydrogen) atoms. The summed E-state index contributed by atoms with van der Waals surface area (Å²) in [5.41, 5.74) is 1.65. The molecule has 0 atom stereocenters. The van der Waals surface area contributed by atoms with Crippen LogP contribution in [0, 0.1) is 0 Å². The maximum absolute atomic E-state index is 12.4. The van der Waals surface area contributed by atoms with Crippen molar-refractivity contribution < 1.29 is 23.0 Å². The number of nitrogens with one attached hydrogen (secondary N) is 1. The number of aromatic nitrogens is 1. The second-order valence-electron chi connectivity index (χ2n) is 4.56. The number of hydrogen-bond donors (Lipinski definition) is 1. The summed E-state index contributed by atoms with van der Waals surface area (Å²) in [4.78, 5) is 4.07. The highest BCUT2D eigenvalue weighted by Crippen LogP contribution is 2.32. The number of methoxy groups -OCH3 is 1. The standard InChI is InChI=1S/C16H18F2N2O3/c1-3-22-15-7-12(4-5-14(15)23-16(17)18)20-9-11-6-13(21-2)10-19-8-11/h4-8,10,16,20H,3,9H2,1-2H3. The average Bonchev–Trinajstić information content (AvgIpc) is 2.55. The lowest BCUT2D eigenvalue weighted by Crippen LogP contribution is -2.06. The number of nitrogens with zero attached hydrogens (tertiary/aromatic N) is 1. The third-order valence-electron chi connectivity index (χ3n) is 2.96. The molecule has 1 heterocycles. The molecule has 0 bridgehead atoms. The van der Waals surface area contributed by atoms with Crippen molar-refractivity contribution >= 4 is 5.69 Å². The van der Waals surface area contributed by atoms with Crippen molar-refractivity contribution in [2.45, 2.75) is 20.1 Å². The molecule has 5 nitrogen and oxygen atoms in total. The quantitative estimate of drug-likeness (QED) is 0.802. The SMILES string of the molecule is CCOc1cc(NCc2cncc(OC)c2)ccc1OC(F)F. The van der Waals surface area contributed by atoms with Crippen molar-refractivity contribution in [3.63, 3.8) is 0 Å². The van der Waals surface area contributed by atoms with E-state index in [0.717, 1.165) is 11.3 Å². The fourth-order valence-corrected chi connectivity index (χ4v) is 1.96. The molecular formula is C16H18F2N2O3. The Labute approximate surface area is 133 Å². The van der Waals surface area contributed by atoms with Crippen molar-refractivity contribution in [3.05, 3.63) is 42.2 Å². The van der Waals surface area contributed by atoms with Crippen molar-refractivity contribution in [1.82, 2.24) is 4.98 Å². The van der Waals surface area contributed by atoms with Gasteiger partial charge in [0.1, 0.15) is 5.75 Å². The van der Waals surface area contributed by atoms with Crippen LogP contribution in [-0.2, 0) is 6.54 Å². The second-order valence-corrected chi connectivity index (χ2v) is 4.56. The van der Waals surface area contributed by atoms with Gasteiger partial charge in [-0.3, -0.25) is 4.98 Å². The largest absolute Gasteiger partial charge is 0.495 e. The van der Waals surface area contributed by atoms with E-state index in [1.54, 1.807) is 38.6 Å². The lowest BCUT2D eigenvalue weighted by atomic mass is 10.2. The molecule has 0 saturated heterocycles. The highest BCUT2D eigenvalue weighted by atomic mass is 19.3. The first kappa shape index (κ1) is 16.8. The van der Waals surface area contributed by atoms with Gasteiger partial charge < -0.3 is 19.5 Å². The minimum Gasteiger partial charge on any atom is -0.495 e. The van der Waals surface area contributed by atoms with Gasteiger partial charge in [0.25, 0.3) is 0 Å². The molecule has 0 aliphatic carbocycles. The third-order valence-corrected chi connectivity index (χ3v) is 2.96. The van der Waals surface area contributed by atoms with Gasteiger partial charge in [0.05, 0.1) is 19.9 Å². The minimum atomic E-state index is -2.89. The Balaban J connectivity index is 2.08. The molecule has 0 radical (unpaired) electrons. The van der Waals surface area contributed by atoms with Crippen LogP contribution in [0.2, 0.25) is 0 Å². The van der Waals surface area contributed by atoms with Crippen LogP contribution in [0.25, 0.3) is 0 Å². The first-order valence-corrected chi connectivity index (χ1v) is 7.05. The highest BCUT2D eigenvalue weighted by molar-refractivity contribution is 5.55. The summed E-state index contributed by atoms with van der Waals surface area (Å²) >= 11 is 0. The lowest BCUT2D eigenvalue weighted by molar-refractivity contribution is -0.0514. The van der Waals surface area contributed by atoms with Crippen molar-refractivity contribution in [2.24, 2.45) is 0 Å². The number of alkyl halides is 2. The Morgan fingerprint density at radius 3 is 2.70 bits per heavy atom. The zero-order valence-corrected chi connectivity index (χ0v) is 12.9. The van der Waals surface area contributed by atoms with Crippen LogP contribution < -0.4 is 19.5 Å². The van der Waals surface area contributed by atoms with Crippen LogP contribution >= 0.6 is 0 Å². The van der Waals surface area contributed by atoms with Crippen LogP contribution in [0.4, 0.5) is 14.5 Å². The van der Waals surface area contributed by atoms with Gasteiger partial charge in [0.2, 0.25) is 0 Å². The molecule has 7 heteroatoms. The topological polar surface area (TPSA) is 52.6 Å². The molecule has 1 aromatic carbocycles. The number of rotatable bonds is 8. The van der Waals surface area contributed by atoms with E-state index in [9.17, 15) is 8.78 Å². The summed E-state index contributed by atoms with van der Waals surface area (Å²) < 4.78 is 39.6. The van der Waals surface area contributed by atoms with Crippen molar-refractivity contribution in [1.29, 1.82) is 0 Å². The predicted octanol–water partition coefficient (Wildman–Crippen LogP) is 3.70. The fourth-order valence-electron chi connectivity index (χ4n) is 1.96. The zero-order chi connectivity index (χ0) is 16.7.